The predicted molar refractivity (Wildman–Crippen MR) is 76.6 cm³/mol. The van der Waals surface area contributed by atoms with Crippen molar-refractivity contribution in [2.45, 2.75) is 25.6 Å². The highest BCUT2D eigenvalue weighted by Gasteiger charge is 2.36. The lowest BCUT2D eigenvalue weighted by molar-refractivity contribution is -0.385. The van der Waals surface area contributed by atoms with Gasteiger partial charge >= 0.3 is 0 Å². The quantitative estimate of drug-likeness (QED) is 0.656. The first-order valence-electron chi connectivity index (χ1n) is 6.66. The van der Waals surface area contributed by atoms with Crippen LogP contribution in [0.25, 0.3) is 0 Å². The summed E-state index contributed by atoms with van der Waals surface area (Å²) in [4.78, 5) is 24.1. The topological polar surface area (TPSA) is 84.7 Å². The zero-order valence-electron chi connectivity index (χ0n) is 12.3. The summed E-state index contributed by atoms with van der Waals surface area (Å²) in [7, 11) is 1.59. The Hall–Kier alpha value is -1.99. The monoisotopic (exact) mass is 293 g/mol. The summed E-state index contributed by atoms with van der Waals surface area (Å²) in [6, 6.07) is 6.32. The zero-order valence-corrected chi connectivity index (χ0v) is 12.3. The third-order valence-electron chi connectivity index (χ3n) is 3.58. The van der Waals surface area contributed by atoms with Crippen molar-refractivity contribution in [1.82, 2.24) is 10.2 Å². The van der Waals surface area contributed by atoms with Crippen LogP contribution >= 0.6 is 0 Å². The Morgan fingerprint density at radius 2 is 2.24 bits per heavy atom. The van der Waals surface area contributed by atoms with E-state index in [1.54, 1.807) is 24.1 Å². The number of nitro benzene ring substituents is 1. The Morgan fingerprint density at radius 1 is 1.52 bits per heavy atom. The number of nitrogens with one attached hydrogen (secondary N) is 1. The normalized spacial score (nSPS) is 19.1. The van der Waals surface area contributed by atoms with Crippen molar-refractivity contribution in [1.29, 1.82) is 0 Å². The van der Waals surface area contributed by atoms with Crippen LogP contribution in [0.4, 0.5) is 5.69 Å². The van der Waals surface area contributed by atoms with Gasteiger partial charge in [-0.2, -0.15) is 0 Å². The lowest BCUT2D eigenvalue weighted by atomic mass is 10.1. The lowest BCUT2D eigenvalue weighted by Gasteiger charge is -2.32. The molecule has 0 spiro atoms. The highest BCUT2D eigenvalue weighted by atomic mass is 16.6. The van der Waals surface area contributed by atoms with Gasteiger partial charge in [0.05, 0.1) is 23.6 Å². The molecule has 7 nitrogen and oxygen atoms in total. The second-order valence-corrected chi connectivity index (χ2v) is 5.62. The van der Waals surface area contributed by atoms with Gasteiger partial charge in [-0.1, -0.05) is 12.1 Å². The molecule has 1 aliphatic rings. The fraction of sp³-hybridized carbons (Fsp3) is 0.500. The molecule has 1 aromatic rings. The van der Waals surface area contributed by atoms with Gasteiger partial charge in [0.25, 0.3) is 5.69 Å². The van der Waals surface area contributed by atoms with E-state index in [0.717, 1.165) is 0 Å². The maximum atomic E-state index is 12.0. The largest absolute Gasteiger partial charge is 0.377 e. The molecule has 1 aliphatic heterocycles. The maximum absolute atomic E-state index is 12.0. The Kier molecular flexibility index (Phi) is 4.24. The molecule has 0 bridgehead atoms. The maximum Gasteiger partial charge on any atom is 0.269 e. The number of hydrogen-bond donors (Lipinski definition) is 1. The first kappa shape index (κ1) is 15.4. The smallest absolute Gasteiger partial charge is 0.269 e. The van der Waals surface area contributed by atoms with E-state index in [1.165, 1.54) is 12.1 Å². The number of benzene rings is 1. The minimum absolute atomic E-state index is 0.0135. The molecule has 0 saturated carbocycles. The van der Waals surface area contributed by atoms with Gasteiger partial charge in [-0.15, -0.1) is 0 Å². The van der Waals surface area contributed by atoms with E-state index in [1.807, 2.05) is 13.8 Å². The summed E-state index contributed by atoms with van der Waals surface area (Å²) in [5, 5.41) is 14.0. The number of nitro groups is 1. The van der Waals surface area contributed by atoms with Crippen molar-refractivity contribution in [3.63, 3.8) is 0 Å². The molecule has 1 amide bonds. The van der Waals surface area contributed by atoms with E-state index < -0.39 is 10.5 Å². The van der Waals surface area contributed by atoms with Crippen LogP contribution in [0.1, 0.15) is 25.6 Å². The third-order valence-corrected chi connectivity index (χ3v) is 3.58. The van der Waals surface area contributed by atoms with Crippen LogP contribution in [0.2, 0.25) is 0 Å². The summed E-state index contributed by atoms with van der Waals surface area (Å²) in [6.45, 7) is 4.40. The molecule has 0 radical (unpaired) electrons. The second kappa shape index (κ2) is 5.79. The van der Waals surface area contributed by atoms with E-state index in [-0.39, 0.29) is 24.3 Å². The molecule has 2 rings (SSSR count). The number of amides is 1. The highest BCUT2D eigenvalue weighted by molar-refractivity contribution is 5.81. The van der Waals surface area contributed by atoms with E-state index >= 15 is 0 Å². The van der Waals surface area contributed by atoms with Gasteiger partial charge < -0.3 is 9.64 Å². The van der Waals surface area contributed by atoms with Crippen LogP contribution in [0, 0.1) is 10.1 Å². The molecular formula is C14H19N3O4. The van der Waals surface area contributed by atoms with Crippen molar-refractivity contribution in [2.75, 3.05) is 20.2 Å². The molecular weight excluding hydrogens is 274 g/mol. The molecule has 114 valence electrons. The fourth-order valence-electron chi connectivity index (χ4n) is 2.30. The molecule has 1 atom stereocenters. The van der Waals surface area contributed by atoms with Crippen LogP contribution < -0.4 is 5.32 Å². The van der Waals surface area contributed by atoms with Crippen LogP contribution in [0.3, 0.4) is 0 Å². The first-order valence-corrected chi connectivity index (χ1v) is 6.66. The van der Waals surface area contributed by atoms with E-state index in [2.05, 4.69) is 5.32 Å². The van der Waals surface area contributed by atoms with Crippen LogP contribution in [0.15, 0.2) is 24.3 Å². The Balaban J connectivity index is 2.27. The average Bonchev–Trinajstić information content (AvgIpc) is 2.80. The molecule has 1 heterocycles. The van der Waals surface area contributed by atoms with Gasteiger partial charge in [-0.3, -0.25) is 20.2 Å². The standard InChI is InChI=1S/C14H19N3O4/c1-14(2,21-3)9-16-12(18)8-15-13(16)10-5-4-6-11(7-10)17(19)20/h4-7,13,15H,8-9H2,1-3H3. The summed E-state index contributed by atoms with van der Waals surface area (Å²) in [5.41, 5.74) is 0.224. The number of ether oxygens (including phenoxy) is 1. The van der Waals surface area contributed by atoms with Crippen molar-refractivity contribution < 1.29 is 14.5 Å². The Bertz CT molecular complexity index is 559. The van der Waals surface area contributed by atoms with Crippen molar-refractivity contribution in [3.8, 4) is 0 Å². The molecule has 0 aliphatic carbocycles. The molecule has 7 heteroatoms. The SMILES string of the molecule is COC(C)(C)CN1C(=O)CNC1c1cccc([N+](=O)[O-])c1. The lowest BCUT2D eigenvalue weighted by Crippen LogP contribution is -2.42. The van der Waals surface area contributed by atoms with Gasteiger partial charge in [-0.25, -0.2) is 0 Å². The molecule has 0 aromatic heterocycles. The summed E-state index contributed by atoms with van der Waals surface area (Å²) in [5.74, 6) is -0.0448. The Morgan fingerprint density at radius 3 is 2.86 bits per heavy atom. The minimum Gasteiger partial charge on any atom is -0.377 e. The average molecular weight is 293 g/mol. The first-order chi connectivity index (χ1) is 9.84. The summed E-state index contributed by atoms with van der Waals surface area (Å²) < 4.78 is 5.36. The van der Waals surface area contributed by atoms with Gasteiger partial charge in [0.2, 0.25) is 5.91 Å². The molecule has 1 fully saturated rings. The zero-order chi connectivity index (χ0) is 15.6. The number of hydrogen-bond acceptors (Lipinski definition) is 5. The summed E-state index contributed by atoms with van der Waals surface area (Å²) in [6.07, 6.45) is -0.369. The molecule has 21 heavy (non-hydrogen) atoms. The van der Waals surface area contributed by atoms with Gasteiger partial charge in [0.1, 0.15) is 6.17 Å². The Labute approximate surface area is 123 Å². The number of carbonyl (C=O) groups excluding carboxylic acids is 1. The fourth-order valence-corrected chi connectivity index (χ4v) is 2.30. The molecule has 1 N–H and O–H groups in total. The second-order valence-electron chi connectivity index (χ2n) is 5.62. The van der Waals surface area contributed by atoms with Gasteiger partial charge in [0, 0.05) is 19.2 Å². The number of methoxy groups -OCH3 is 1. The van der Waals surface area contributed by atoms with Crippen LogP contribution in [0.5, 0.6) is 0 Å². The van der Waals surface area contributed by atoms with Crippen LogP contribution in [-0.4, -0.2) is 41.5 Å². The number of carbonyl (C=O) groups is 1. The predicted octanol–water partition coefficient (Wildman–Crippen LogP) is 1.45. The highest BCUT2D eigenvalue weighted by Crippen LogP contribution is 2.27. The number of nitrogens with zero attached hydrogens (tertiary/aromatic N) is 2. The number of non-ortho nitro benzene ring substituents is 1. The summed E-state index contributed by atoms with van der Waals surface area (Å²) >= 11 is 0. The van der Waals surface area contributed by atoms with Gasteiger partial charge in [-0.05, 0) is 19.4 Å². The number of rotatable bonds is 5. The molecule has 1 unspecified atom stereocenters. The third kappa shape index (κ3) is 3.37. The molecule has 1 aromatic carbocycles. The van der Waals surface area contributed by atoms with Crippen molar-refractivity contribution in [3.05, 3.63) is 39.9 Å². The van der Waals surface area contributed by atoms with Crippen molar-refractivity contribution in [2.24, 2.45) is 0 Å². The van der Waals surface area contributed by atoms with Crippen molar-refractivity contribution >= 4 is 11.6 Å². The van der Waals surface area contributed by atoms with Gasteiger partial charge in [0.15, 0.2) is 0 Å². The van der Waals surface area contributed by atoms with Crippen LogP contribution in [-0.2, 0) is 9.53 Å². The van der Waals surface area contributed by atoms with E-state index in [4.69, 9.17) is 4.74 Å². The van der Waals surface area contributed by atoms with E-state index in [0.29, 0.717) is 12.1 Å². The molecule has 1 saturated heterocycles. The van der Waals surface area contributed by atoms with E-state index in [9.17, 15) is 14.9 Å². The minimum atomic E-state index is -0.485.